The first-order valence-electron chi connectivity index (χ1n) is 5.52. The largest absolute Gasteiger partial charge is 0.505 e. The van der Waals surface area contributed by atoms with Gasteiger partial charge in [-0.2, -0.15) is 0 Å². The third-order valence-electron chi connectivity index (χ3n) is 2.42. The summed E-state index contributed by atoms with van der Waals surface area (Å²) in [6, 6.07) is 1.83. The molecule has 0 heterocycles. The van der Waals surface area contributed by atoms with Gasteiger partial charge < -0.3 is 16.2 Å². The fourth-order valence-corrected chi connectivity index (χ4v) is 2.85. The van der Waals surface area contributed by atoms with Gasteiger partial charge in [0.05, 0.1) is 22.0 Å². The quantitative estimate of drug-likeness (QED) is 0.666. The molecule has 0 spiro atoms. The van der Waals surface area contributed by atoms with Crippen LogP contribution < -0.4 is 11.1 Å². The van der Waals surface area contributed by atoms with Crippen LogP contribution in [0.3, 0.4) is 0 Å². The molecule has 1 atom stereocenters. The van der Waals surface area contributed by atoms with E-state index in [0.717, 1.165) is 6.26 Å². The van der Waals surface area contributed by atoms with Crippen LogP contribution in [0.2, 0.25) is 5.02 Å². The van der Waals surface area contributed by atoms with E-state index in [-0.39, 0.29) is 23.6 Å². The second kappa shape index (κ2) is 6.75. The molecule has 0 saturated carbocycles. The van der Waals surface area contributed by atoms with E-state index in [1.807, 2.05) is 0 Å². The molecule has 0 saturated heterocycles. The Hall–Kier alpha value is -0.830. The smallest absolute Gasteiger partial charge is 0.241 e. The zero-order valence-electron chi connectivity index (χ0n) is 10.6. The zero-order valence-corrected chi connectivity index (χ0v) is 13.7. The van der Waals surface area contributed by atoms with E-state index in [2.05, 4.69) is 21.2 Å². The first kappa shape index (κ1) is 17.2. The molecule has 4 N–H and O–H groups in total. The van der Waals surface area contributed by atoms with Crippen LogP contribution in [-0.2, 0) is 14.6 Å². The molecule has 1 aromatic rings. The number of carbonyl (C=O) groups is 1. The Kier molecular flexibility index (Phi) is 5.81. The van der Waals surface area contributed by atoms with Crippen molar-refractivity contribution in [3.63, 3.8) is 0 Å². The molecular formula is C11H14BrClN2O4S. The molecule has 1 unspecified atom stereocenters. The Morgan fingerprint density at radius 1 is 1.55 bits per heavy atom. The number of hydrogen-bond donors (Lipinski definition) is 3. The van der Waals surface area contributed by atoms with Crippen molar-refractivity contribution in [2.45, 2.75) is 12.5 Å². The lowest BCUT2D eigenvalue weighted by atomic mass is 10.2. The molecule has 0 bridgehead atoms. The van der Waals surface area contributed by atoms with Gasteiger partial charge >= 0.3 is 0 Å². The van der Waals surface area contributed by atoms with Crippen molar-refractivity contribution < 1.29 is 18.3 Å². The molecule has 9 heteroatoms. The summed E-state index contributed by atoms with van der Waals surface area (Å²) in [6.07, 6.45) is 1.06. The van der Waals surface area contributed by atoms with Crippen molar-refractivity contribution in [3.8, 4) is 5.75 Å². The lowest BCUT2D eigenvalue weighted by Crippen LogP contribution is -2.37. The predicted octanol–water partition coefficient (Wildman–Crippen LogP) is 1.51. The van der Waals surface area contributed by atoms with E-state index in [4.69, 9.17) is 17.3 Å². The standard InChI is InChI=1S/C11H14BrClN2O4S/c1-20(18,19)3-2-8(14)11(17)15-9-5-6(13)4-7(12)10(9)16/h4-5,8,16H,2-3,14H2,1H3,(H,15,17). The van der Waals surface area contributed by atoms with Gasteiger partial charge in [-0.15, -0.1) is 0 Å². The lowest BCUT2D eigenvalue weighted by molar-refractivity contribution is -0.117. The Labute approximate surface area is 130 Å². The summed E-state index contributed by atoms with van der Waals surface area (Å²) in [4.78, 5) is 11.8. The molecule has 20 heavy (non-hydrogen) atoms. The molecule has 6 nitrogen and oxygen atoms in total. The van der Waals surface area contributed by atoms with Gasteiger partial charge in [0.25, 0.3) is 0 Å². The molecule has 1 rings (SSSR count). The number of sulfone groups is 1. The number of phenolic OH excluding ortho intramolecular Hbond substituents is 1. The van der Waals surface area contributed by atoms with Crippen LogP contribution in [-0.4, -0.2) is 37.5 Å². The van der Waals surface area contributed by atoms with E-state index >= 15 is 0 Å². The van der Waals surface area contributed by atoms with Gasteiger partial charge in [-0.25, -0.2) is 8.42 Å². The van der Waals surface area contributed by atoms with E-state index in [1.54, 1.807) is 0 Å². The number of rotatable bonds is 5. The van der Waals surface area contributed by atoms with E-state index < -0.39 is 21.8 Å². The molecule has 0 aliphatic carbocycles. The van der Waals surface area contributed by atoms with Crippen molar-refractivity contribution >= 4 is 49.0 Å². The maximum absolute atomic E-state index is 11.8. The minimum atomic E-state index is -3.19. The van der Waals surface area contributed by atoms with Gasteiger partial charge in [0.1, 0.15) is 9.84 Å². The van der Waals surface area contributed by atoms with Crippen molar-refractivity contribution in [2.24, 2.45) is 5.73 Å². The summed E-state index contributed by atoms with van der Waals surface area (Å²) in [5.74, 6) is -0.969. The van der Waals surface area contributed by atoms with Crippen LogP contribution >= 0.6 is 27.5 Å². The summed E-state index contributed by atoms with van der Waals surface area (Å²) in [6.45, 7) is 0. The summed E-state index contributed by atoms with van der Waals surface area (Å²) in [5, 5.41) is 12.5. The second-order valence-corrected chi connectivity index (χ2v) is 7.85. The Morgan fingerprint density at radius 3 is 2.70 bits per heavy atom. The maximum Gasteiger partial charge on any atom is 0.241 e. The molecule has 0 aromatic heterocycles. The Balaban J connectivity index is 2.76. The Bertz CT molecular complexity index is 621. The van der Waals surface area contributed by atoms with Crippen LogP contribution in [0.5, 0.6) is 5.75 Å². The number of amides is 1. The third-order valence-corrected chi connectivity index (χ3v) is 4.22. The molecule has 0 aliphatic heterocycles. The molecule has 0 fully saturated rings. The zero-order chi connectivity index (χ0) is 15.5. The molecule has 1 amide bonds. The number of benzene rings is 1. The van der Waals surface area contributed by atoms with Gasteiger partial charge in [0, 0.05) is 11.3 Å². The second-order valence-electron chi connectivity index (χ2n) is 4.30. The number of phenols is 1. The number of carbonyl (C=O) groups excluding carboxylic acids is 1. The van der Waals surface area contributed by atoms with Gasteiger partial charge in [-0.05, 0) is 34.5 Å². The van der Waals surface area contributed by atoms with Crippen LogP contribution in [0.15, 0.2) is 16.6 Å². The van der Waals surface area contributed by atoms with Crippen LogP contribution in [0.4, 0.5) is 5.69 Å². The van der Waals surface area contributed by atoms with Crippen molar-refractivity contribution in [3.05, 3.63) is 21.6 Å². The third kappa shape index (κ3) is 5.28. The summed E-state index contributed by atoms with van der Waals surface area (Å²) in [7, 11) is -3.19. The highest BCUT2D eigenvalue weighted by molar-refractivity contribution is 9.10. The summed E-state index contributed by atoms with van der Waals surface area (Å²) in [5.41, 5.74) is 5.70. The highest BCUT2D eigenvalue weighted by Gasteiger charge is 2.18. The molecule has 0 aliphatic rings. The normalized spacial score (nSPS) is 13.0. The van der Waals surface area contributed by atoms with E-state index in [0.29, 0.717) is 9.50 Å². The van der Waals surface area contributed by atoms with Gasteiger partial charge in [-0.3, -0.25) is 4.79 Å². The fraction of sp³-hybridized carbons (Fsp3) is 0.364. The highest BCUT2D eigenvalue weighted by atomic mass is 79.9. The summed E-state index contributed by atoms with van der Waals surface area (Å²) >= 11 is 8.89. The highest BCUT2D eigenvalue weighted by Crippen LogP contribution is 2.35. The van der Waals surface area contributed by atoms with Crippen molar-refractivity contribution in [1.29, 1.82) is 0 Å². The first-order valence-corrected chi connectivity index (χ1v) is 8.75. The Morgan fingerprint density at radius 2 is 2.15 bits per heavy atom. The maximum atomic E-state index is 11.8. The summed E-state index contributed by atoms with van der Waals surface area (Å²) < 4.78 is 22.3. The number of nitrogens with one attached hydrogen (secondary N) is 1. The average Bonchev–Trinajstić information content (AvgIpc) is 2.31. The number of nitrogens with two attached hydrogens (primary N) is 1. The monoisotopic (exact) mass is 384 g/mol. The van der Waals surface area contributed by atoms with E-state index in [9.17, 15) is 18.3 Å². The minimum absolute atomic E-state index is 0.00678. The molecule has 1 aromatic carbocycles. The van der Waals surface area contributed by atoms with Crippen LogP contribution in [0.1, 0.15) is 6.42 Å². The number of aromatic hydroxyl groups is 1. The molecule has 0 radical (unpaired) electrons. The van der Waals surface area contributed by atoms with E-state index in [1.165, 1.54) is 12.1 Å². The lowest BCUT2D eigenvalue weighted by Gasteiger charge is -2.13. The van der Waals surface area contributed by atoms with Gasteiger partial charge in [0.15, 0.2) is 5.75 Å². The molecular weight excluding hydrogens is 372 g/mol. The topological polar surface area (TPSA) is 109 Å². The van der Waals surface area contributed by atoms with Gasteiger partial charge in [-0.1, -0.05) is 11.6 Å². The van der Waals surface area contributed by atoms with Crippen LogP contribution in [0, 0.1) is 0 Å². The fourth-order valence-electron chi connectivity index (χ4n) is 1.36. The van der Waals surface area contributed by atoms with Gasteiger partial charge in [0.2, 0.25) is 5.91 Å². The SMILES string of the molecule is CS(=O)(=O)CCC(N)C(=O)Nc1cc(Cl)cc(Br)c1O. The average molecular weight is 386 g/mol. The predicted molar refractivity (Wildman–Crippen MR) is 81.7 cm³/mol. The minimum Gasteiger partial charge on any atom is -0.505 e. The first-order chi connectivity index (χ1) is 9.10. The van der Waals surface area contributed by atoms with Crippen molar-refractivity contribution in [1.82, 2.24) is 0 Å². The number of halogens is 2. The molecule has 112 valence electrons. The number of anilines is 1. The van der Waals surface area contributed by atoms with Crippen LogP contribution in [0.25, 0.3) is 0 Å². The van der Waals surface area contributed by atoms with Crippen molar-refractivity contribution in [2.75, 3.05) is 17.3 Å². The number of hydrogen-bond acceptors (Lipinski definition) is 5.